The molecule has 0 fully saturated rings. The fraction of sp³-hybridized carbons (Fsp3) is 0. The first-order chi connectivity index (χ1) is 69.4. The monoisotopic (exact) mass is 1780 g/mol. The van der Waals surface area contributed by atoms with E-state index in [1.54, 1.807) is 0 Å². The van der Waals surface area contributed by atoms with E-state index in [1.807, 2.05) is 36.4 Å². The fourth-order valence-corrected chi connectivity index (χ4v) is 22.5. The average molecular weight is 1780 g/mol. The lowest BCUT2D eigenvalue weighted by Gasteiger charge is -2.14. The third-order valence-electron chi connectivity index (χ3n) is 28.9. The molecule has 30 aromatic rings. The Morgan fingerprint density at radius 2 is 0.450 bits per heavy atom. The summed E-state index contributed by atoms with van der Waals surface area (Å²) in [5, 5.41) is 33.3. The molecule has 0 amide bonds. The average Bonchev–Trinajstić information content (AvgIpc) is 1.56. The molecule has 0 N–H and O–H groups in total. The maximum atomic E-state index is 5.34. The van der Waals surface area contributed by atoms with Crippen LogP contribution < -0.4 is 0 Å². The van der Waals surface area contributed by atoms with Crippen molar-refractivity contribution < 1.29 is 0 Å². The van der Waals surface area contributed by atoms with Crippen LogP contribution in [0, 0.1) is 0 Å². The van der Waals surface area contributed by atoms with Crippen molar-refractivity contribution in [3.8, 4) is 91.1 Å². The molecule has 10 nitrogen and oxygen atoms in total. The van der Waals surface area contributed by atoms with Crippen LogP contribution in [-0.2, 0) is 0 Å². The van der Waals surface area contributed by atoms with Crippen LogP contribution in [-0.4, -0.2) is 48.2 Å². The summed E-state index contributed by atoms with van der Waals surface area (Å²) in [6.45, 7) is 0. The Labute approximate surface area is 801 Å². The predicted molar refractivity (Wildman–Crippen MR) is 585 cm³/mol. The number of fused-ring (bicyclic) bond motifs is 26. The highest BCUT2D eigenvalue weighted by Crippen LogP contribution is 2.47. The van der Waals surface area contributed by atoms with Gasteiger partial charge in [-0.05, 0) is 200 Å². The number of rotatable bonds is 10. The zero-order valence-corrected chi connectivity index (χ0v) is 75.5. The van der Waals surface area contributed by atoms with Gasteiger partial charge in [-0.1, -0.05) is 370 Å². The number of aromatic nitrogens is 10. The van der Waals surface area contributed by atoms with Crippen molar-refractivity contribution in [1.29, 1.82) is 0 Å². The van der Waals surface area contributed by atoms with Crippen LogP contribution in [0.1, 0.15) is 0 Å². The zero-order valence-electron chi connectivity index (χ0n) is 75.5. The van der Waals surface area contributed by atoms with Crippen molar-refractivity contribution in [3.05, 3.63) is 473 Å². The Hall–Kier alpha value is -18.9. The molecule has 0 atom stereocenters. The van der Waals surface area contributed by atoms with Gasteiger partial charge in [0.2, 0.25) is 0 Å². The van der Waals surface area contributed by atoms with Crippen LogP contribution in [0.3, 0.4) is 0 Å². The molecule has 24 aromatic carbocycles. The maximum Gasteiger partial charge on any atom is 0.164 e. The second-order valence-electron chi connectivity index (χ2n) is 36.8. The highest BCUT2D eigenvalue weighted by atomic mass is 15.1. The van der Waals surface area contributed by atoms with Gasteiger partial charge in [-0.3, -0.25) is 0 Å². The van der Waals surface area contributed by atoms with Crippen LogP contribution in [0.15, 0.2) is 473 Å². The summed E-state index contributed by atoms with van der Waals surface area (Å²) >= 11 is 0. The van der Waals surface area contributed by atoms with E-state index < -0.39 is 0 Å². The highest BCUT2D eigenvalue weighted by molar-refractivity contribution is 6.23. The normalized spacial score (nSPS) is 12.0. The van der Waals surface area contributed by atoms with Crippen molar-refractivity contribution in [3.63, 3.8) is 0 Å². The minimum absolute atomic E-state index is 0.624. The smallest absolute Gasteiger partial charge is 0.164 e. The molecule has 6 heterocycles. The maximum absolute atomic E-state index is 5.34. The molecule has 6 aromatic heterocycles. The number of hydrogen-bond acceptors (Lipinski definition) is 6. The summed E-state index contributed by atoms with van der Waals surface area (Å²) < 4.78 is 9.82. The lowest BCUT2D eigenvalue weighted by atomic mass is 9.96. The van der Waals surface area contributed by atoms with Crippen molar-refractivity contribution in [2.45, 2.75) is 0 Å². The summed E-state index contributed by atoms with van der Waals surface area (Å²) in [6, 6.07) is 171. The molecule has 0 saturated carbocycles. The lowest BCUT2D eigenvalue weighted by molar-refractivity contribution is 1.08. The second kappa shape index (κ2) is 31.4. The van der Waals surface area contributed by atoms with E-state index >= 15 is 0 Å². The highest BCUT2D eigenvalue weighted by Gasteiger charge is 2.26. The summed E-state index contributed by atoms with van der Waals surface area (Å²) in [4.78, 5) is 31.6. The molecule has 0 aliphatic heterocycles. The second-order valence-corrected chi connectivity index (χ2v) is 36.8. The van der Waals surface area contributed by atoms with Gasteiger partial charge in [0.1, 0.15) is 0 Å². The van der Waals surface area contributed by atoms with Gasteiger partial charge in [0.05, 0.1) is 44.1 Å². The van der Waals surface area contributed by atoms with E-state index in [0.29, 0.717) is 34.9 Å². The molecule has 0 unspecified atom stereocenters. The van der Waals surface area contributed by atoms with E-state index in [0.717, 1.165) is 111 Å². The summed E-state index contributed by atoms with van der Waals surface area (Å²) in [5.41, 5.74) is 19.5. The Kier molecular flexibility index (Phi) is 17.6. The summed E-state index contributed by atoms with van der Waals surface area (Å²) in [7, 11) is 0. The van der Waals surface area contributed by atoms with Crippen LogP contribution in [0.25, 0.3) is 286 Å². The van der Waals surface area contributed by atoms with Crippen molar-refractivity contribution in [1.82, 2.24) is 48.2 Å². The molecule has 648 valence electrons. The first-order valence-electron chi connectivity index (χ1n) is 47.7. The largest absolute Gasteiger partial charge is 0.309 e. The number of hydrogen-bond donors (Lipinski definition) is 0. The molecule has 30 rings (SSSR count). The molecule has 10 heteroatoms. The van der Waals surface area contributed by atoms with Crippen molar-refractivity contribution >= 4 is 195 Å². The molecule has 0 aliphatic rings. The first-order valence-corrected chi connectivity index (χ1v) is 47.7. The van der Waals surface area contributed by atoms with Crippen LogP contribution in [0.2, 0.25) is 0 Å². The quantitative estimate of drug-likeness (QED) is 0.127. The molecule has 0 aliphatic carbocycles. The van der Waals surface area contributed by atoms with Crippen LogP contribution in [0.4, 0.5) is 0 Å². The molecule has 0 spiro atoms. The van der Waals surface area contributed by atoms with Crippen molar-refractivity contribution in [2.24, 2.45) is 0 Å². The molecular weight excluding hydrogens is 1700 g/mol. The van der Waals surface area contributed by atoms with E-state index in [4.69, 9.17) is 29.9 Å². The van der Waals surface area contributed by atoms with Gasteiger partial charge in [-0.25, -0.2) is 29.9 Å². The Balaban J connectivity index is 0.000000134. The summed E-state index contributed by atoms with van der Waals surface area (Å²) in [5.74, 6) is 3.80. The van der Waals surface area contributed by atoms with E-state index in [-0.39, 0.29) is 0 Å². The Bertz CT molecular complexity index is 10500. The van der Waals surface area contributed by atoms with Gasteiger partial charge in [-0.15, -0.1) is 0 Å². The van der Waals surface area contributed by atoms with Crippen LogP contribution >= 0.6 is 0 Å². The molecule has 0 radical (unpaired) electrons. The number of para-hydroxylation sites is 2. The minimum atomic E-state index is 0.624. The van der Waals surface area contributed by atoms with Gasteiger partial charge >= 0.3 is 0 Å². The van der Waals surface area contributed by atoms with Gasteiger partial charge in [0, 0.05) is 110 Å². The SMILES string of the molecule is c1ccc(-c2nc(-c3ccc4ccc5ccccc5c4c3)nc(-c3cccc4ccc(-n5c6cc(-n7c8ccccc8c8ccc9ccccc9c87)ccc6c6cc7ccccc7cc65)cc34)n2)cc1.c1ccc(-c2nc(-c3cccc4cc(-n5c6ccc(-n7c8ccccc8c8ccc9ccccc9c87)cc6c6cc7ccccc7cc65)ccc34)nc(-c3cc4ccccc4c4ccccc34)n2)cc1. The molecule has 140 heavy (non-hydrogen) atoms. The third-order valence-corrected chi connectivity index (χ3v) is 28.9. The number of benzene rings is 24. The molecular formula is C130H78N10. The van der Waals surface area contributed by atoms with Crippen molar-refractivity contribution in [2.75, 3.05) is 0 Å². The Morgan fingerprint density at radius 3 is 1.06 bits per heavy atom. The molecule has 0 bridgehead atoms. The van der Waals surface area contributed by atoms with Gasteiger partial charge in [0.15, 0.2) is 34.9 Å². The first kappa shape index (κ1) is 78.6. The fourth-order valence-electron chi connectivity index (χ4n) is 22.5. The topological polar surface area (TPSA) is 97.1 Å². The zero-order chi connectivity index (χ0) is 91.7. The van der Waals surface area contributed by atoms with Gasteiger partial charge in [-0.2, -0.15) is 0 Å². The van der Waals surface area contributed by atoms with E-state index in [9.17, 15) is 0 Å². The van der Waals surface area contributed by atoms with Gasteiger partial charge in [0.25, 0.3) is 0 Å². The summed E-state index contributed by atoms with van der Waals surface area (Å²) in [6.07, 6.45) is 0. The lowest BCUT2D eigenvalue weighted by Crippen LogP contribution is -2.01. The van der Waals surface area contributed by atoms with Crippen LogP contribution in [0.5, 0.6) is 0 Å². The minimum Gasteiger partial charge on any atom is -0.309 e. The number of nitrogens with zero attached hydrogens (tertiary/aromatic N) is 10. The standard InChI is InChI=1S/2C65H39N5/c1-2-16-41(17-3-1)63-66-64(68-65(67-63)58-37-45-20-7-8-22-48(45)51-24-10-11-25-52(51)58)55-27-14-21-44-35-46(30-33-49(44)55)69-60-34-31-47(39-57(60)56-36-42-18-4-5-19-43(42)38-61(56)69)70-59-28-13-12-26-53(59)54-32-29-40-15-6-9-23-50(40)62(54)70;1-2-15-44(16-3-1)63-66-64(47-28-27-43-26-25-40-13-6-8-20-50(40)56(43)36-47)68-65(67-63)55-23-12-19-42-29-31-48(38-57(42)55)69-60-37-46-18-5-4-17-45(46)35-58(60)53-34-32-49(39-61(53)69)70-59-24-11-10-22-52(59)54-33-30-41-14-7-9-21-51(41)62(54)70/h2*1-39H. The Morgan fingerprint density at radius 1 is 0.121 bits per heavy atom. The van der Waals surface area contributed by atoms with Gasteiger partial charge < -0.3 is 18.3 Å². The molecule has 0 saturated heterocycles. The van der Waals surface area contributed by atoms with E-state index in [1.165, 1.54) is 141 Å². The van der Waals surface area contributed by atoms with E-state index in [2.05, 4.69) is 455 Å². The predicted octanol–water partition coefficient (Wildman–Crippen LogP) is 33.7. The third kappa shape index (κ3) is 12.5.